The minimum atomic E-state index is -0.673. The first kappa shape index (κ1) is 22.4. The first-order chi connectivity index (χ1) is 16.1. The zero-order chi connectivity index (χ0) is 23.0. The molecule has 0 unspecified atom stereocenters. The molecule has 6 nitrogen and oxygen atoms in total. The smallest absolute Gasteiger partial charge is 0.313 e. The summed E-state index contributed by atoms with van der Waals surface area (Å²) in [4.78, 5) is 26.5. The molecule has 0 bridgehead atoms. The van der Waals surface area contributed by atoms with Gasteiger partial charge in [-0.1, -0.05) is 36.4 Å². The largest absolute Gasteiger partial charge is 0.497 e. The minimum Gasteiger partial charge on any atom is -0.497 e. The maximum Gasteiger partial charge on any atom is 0.313 e. The van der Waals surface area contributed by atoms with E-state index in [1.807, 2.05) is 0 Å². The van der Waals surface area contributed by atoms with Crippen molar-refractivity contribution in [3.63, 3.8) is 0 Å². The first-order valence-electron chi connectivity index (χ1n) is 11.3. The monoisotopic (exact) mass is 443 g/mol. The van der Waals surface area contributed by atoms with Crippen LogP contribution in [0.2, 0.25) is 0 Å². The summed E-state index contributed by atoms with van der Waals surface area (Å²) in [5.74, 6) is -0.620. The standard InChI is InChI=1S/C27H29N3O3/c1-33-25-14-10-23(11-15-25)29-27(32)26(31)28-17-4-5-20-8-12-24(13-9-20)30-18-16-21-6-2-3-7-22(21)19-30/h2-3,6-15H,4-5,16-19H2,1H3,(H,28,31)(H,29,32). The molecule has 1 aliphatic rings. The summed E-state index contributed by atoms with van der Waals surface area (Å²) >= 11 is 0. The van der Waals surface area contributed by atoms with Crippen molar-refractivity contribution in [3.05, 3.63) is 89.5 Å². The molecule has 6 heteroatoms. The van der Waals surface area contributed by atoms with Crippen LogP contribution in [0.3, 0.4) is 0 Å². The van der Waals surface area contributed by atoms with Crippen LogP contribution in [0.4, 0.5) is 11.4 Å². The van der Waals surface area contributed by atoms with E-state index in [9.17, 15) is 9.59 Å². The van der Waals surface area contributed by atoms with Crippen LogP contribution in [0.5, 0.6) is 5.75 Å². The molecule has 1 heterocycles. The zero-order valence-electron chi connectivity index (χ0n) is 18.8. The van der Waals surface area contributed by atoms with E-state index in [1.165, 1.54) is 22.4 Å². The highest BCUT2D eigenvalue weighted by atomic mass is 16.5. The molecule has 0 aliphatic carbocycles. The number of fused-ring (bicyclic) bond motifs is 1. The average Bonchev–Trinajstić information content (AvgIpc) is 2.87. The van der Waals surface area contributed by atoms with Gasteiger partial charge in [0, 0.05) is 31.0 Å². The number of ether oxygens (including phenoxy) is 1. The fourth-order valence-electron chi connectivity index (χ4n) is 4.03. The van der Waals surface area contributed by atoms with E-state index in [4.69, 9.17) is 4.74 Å². The summed E-state index contributed by atoms with van der Waals surface area (Å²) in [6.45, 7) is 2.42. The Balaban J connectivity index is 1.19. The average molecular weight is 444 g/mol. The molecule has 0 saturated heterocycles. The molecule has 3 aromatic rings. The molecule has 2 amide bonds. The lowest BCUT2D eigenvalue weighted by molar-refractivity contribution is -0.136. The predicted octanol–water partition coefficient (Wildman–Crippen LogP) is 3.95. The van der Waals surface area contributed by atoms with E-state index in [2.05, 4.69) is 64.1 Å². The van der Waals surface area contributed by atoms with Crippen LogP contribution in [0.15, 0.2) is 72.8 Å². The van der Waals surface area contributed by atoms with Gasteiger partial charge in [0.05, 0.1) is 7.11 Å². The predicted molar refractivity (Wildman–Crippen MR) is 131 cm³/mol. The van der Waals surface area contributed by atoms with Gasteiger partial charge in [0.25, 0.3) is 0 Å². The highest BCUT2D eigenvalue weighted by Gasteiger charge is 2.16. The van der Waals surface area contributed by atoms with Crippen LogP contribution < -0.4 is 20.3 Å². The third kappa shape index (κ3) is 5.92. The number of nitrogens with one attached hydrogen (secondary N) is 2. The number of anilines is 2. The summed E-state index contributed by atoms with van der Waals surface area (Å²) in [5.41, 5.74) is 5.85. The number of hydrogen-bond acceptors (Lipinski definition) is 4. The summed E-state index contributed by atoms with van der Waals surface area (Å²) in [7, 11) is 1.57. The third-order valence-corrected chi connectivity index (χ3v) is 5.91. The molecular weight excluding hydrogens is 414 g/mol. The van der Waals surface area contributed by atoms with Crippen molar-refractivity contribution in [2.45, 2.75) is 25.8 Å². The molecule has 33 heavy (non-hydrogen) atoms. The van der Waals surface area contributed by atoms with Crippen LogP contribution in [0, 0.1) is 0 Å². The Bertz CT molecular complexity index is 1090. The van der Waals surface area contributed by atoms with E-state index in [0.717, 1.165) is 32.4 Å². The lowest BCUT2D eigenvalue weighted by atomic mass is 9.99. The number of hydrogen-bond donors (Lipinski definition) is 2. The van der Waals surface area contributed by atoms with E-state index in [0.29, 0.717) is 18.0 Å². The Morgan fingerprint density at radius 1 is 0.909 bits per heavy atom. The number of benzene rings is 3. The highest BCUT2D eigenvalue weighted by molar-refractivity contribution is 6.39. The molecule has 1 aliphatic heterocycles. The molecule has 4 rings (SSSR count). The Hall–Kier alpha value is -3.80. The van der Waals surface area contributed by atoms with Gasteiger partial charge in [-0.15, -0.1) is 0 Å². The number of carbonyl (C=O) groups excluding carboxylic acids is 2. The molecule has 0 aromatic heterocycles. The molecule has 3 aromatic carbocycles. The Kier molecular flexibility index (Phi) is 7.25. The normalized spacial score (nSPS) is 12.6. The molecule has 0 fully saturated rings. The van der Waals surface area contributed by atoms with Gasteiger partial charge in [0.15, 0.2) is 0 Å². The van der Waals surface area contributed by atoms with Crippen molar-refractivity contribution in [1.29, 1.82) is 0 Å². The van der Waals surface area contributed by atoms with Crippen molar-refractivity contribution in [2.24, 2.45) is 0 Å². The molecule has 0 spiro atoms. The lowest BCUT2D eigenvalue weighted by Gasteiger charge is -2.30. The quantitative estimate of drug-likeness (QED) is 0.429. The fourth-order valence-corrected chi connectivity index (χ4v) is 4.03. The third-order valence-electron chi connectivity index (χ3n) is 5.91. The van der Waals surface area contributed by atoms with Gasteiger partial charge < -0.3 is 20.3 Å². The number of methoxy groups -OCH3 is 1. The van der Waals surface area contributed by atoms with Gasteiger partial charge in [-0.25, -0.2) is 0 Å². The number of amides is 2. The molecule has 0 radical (unpaired) electrons. The van der Waals surface area contributed by atoms with Crippen LogP contribution in [0.25, 0.3) is 0 Å². The van der Waals surface area contributed by atoms with Crippen LogP contribution in [-0.4, -0.2) is 32.0 Å². The van der Waals surface area contributed by atoms with Crippen molar-refractivity contribution in [2.75, 3.05) is 30.4 Å². The second-order valence-electron chi connectivity index (χ2n) is 8.15. The van der Waals surface area contributed by atoms with Crippen molar-refractivity contribution in [1.82, 2.24) is 5.32 Å². The summed E-state index contributed by atoms with van der Waals surface area (Å²) in [6.07, 6.45) is 2.67. The Morgan fingerprint density at radius 3 is 2.36 bits per heavy atom. The van der Waals surface area contributed by atoms with Crippen molar-refractivity contribution < 1.29 is 14.3 Å². The van der Waals surface area contributed by atoms with Crippen molar-refractivity contribution in [3.8, 4) is 5.75 Å². The van der Waals surface area contributed by atoms with Crippen LogP contribution >= 0.6 is 0 Å². The topological polar surface area (TPSA) is 70.7 Å². The Labute approximate surface area is 194 Å². The summed E-state index contributed by atoms with van der Waals surface area (Å²) in [6, 6.07) is 24.1. The number of rotatable bonds is 7. The number of aryl methyl sites for hydroxylation is 1. The zero-order valence-corrected chi connectivity index (χ0v) is 18.8. The molecular formula is C27H29N3O3. The van der Waals surface area contributed by atoms with E-state index >= 15 is 0 Å². The van der Waals surface area contributed by atoms with E-state index in [1.54, 1.807) is 31.4 Å². The number of carbonyl (C=O) groups is 2. The maximum absolute atomic E-state index is 12.0. The van der Waals surface area contributed by atoms with Crippen LogP contribution in [-0.2, 0) is 29.0 Å². The maximum atomic E-state index is 12.0. The lowest BCUT2D eigenvalue weighted by Crippen LogP contribution is -2.36. The fraction of sp³-hybridized carbons (Fsp3) is 0.259. The van der Waals surface area contributed by atoms with Gasteiger partial charge in [0.1, 0.15) is 5.75 Å². The van der Waals surface area contributed by atoms with Crippen molar-refractivity contribution >= 4 is 23.2 Å². The SMILES string of the molecule is COc1ccc(NC(=O)C(=O)NCCCc2ccc(N3CCc4ccccc4C3)cc2)cc1. The van der Waals surface area contributed by atoms with Gasteiger partial charge in [0.2, 0.25) is 0 Å². The molecule has 0 atom stereocenters. The van der Waals surface area contributed by atoms with E-state index in [-0.39, 0.29) is 0 Å². The van der Waals surface area contributed by atoms with Crippen LogP contribution in [0.1, 0.15) is 23.1 Å². The minimum absolute atomic E-state index is 0.444. The molecule has 2 N–H and O–H groups in total. The number of nitrogens with zero attached hydrogens (tertiary/aromatic N) is 1. The Morgan fingerprint density at radius 2 is 1.64 bits per heavy atom. The van der Waals surface area contributed by atoms with E-state index < -0.39 is 11.8 Å². The summed E-state index contributed by atoms with van der Waals surface area (Å²) < 4.78 is 5.08. The summed E-state index contributed by atoms with van der Waals surface area (Å²) in [5, 5.41) is 5.27. The second-order valence-corrected chi connectivity index (χ2v) is 8.15. The van der Waals surface area contributed by atoms with Gasteiger partial charge >= 0.3 is 11.8 Å². The highest BCUT2D eigenvalue weighted by Crippen LogP contribution is 2.24. The van der Waals surface area contributed by atoms with Gasteiger partial charge in [-0.3, -0.25) is 9.59 Å². The molecule has 0 saturated carbocycles. The second kappa shape index (κ2) is 10.7. The van der Waals surface area contributed by atoms with Gasteiger partial charge in [-0.2, -0.15) is 0 Å². The first-order valence-corrected chi connectivity index (χ1v) is 11.3. The molecule has 170 valence electrons. The van der Waals surface area contributed by atoms with Gasteiger partial charge in [-0.05, 0) is 72.4 Å².